The molecular weight excluding hydrogens is 452 g/mol. The van der Waals surface area contributed by atoms with Gasteiger partial charge in [-0.2, -0.15) is 0 Å². The molecule has 0 atom stereocenters. The van der Waals surface area contributed by atoms with E-state index >= 15 is 0 Å². The van der Waals surface area contributed by atoms with Gasteiger partial charge < -0.3 is 9.13 Å². The minimum Gasteiger partial charge on any atom is -0.331 e. The summed E-state index contributed by atoms with van der Waals surface area (Å²) in [7, 11) is 0. The molecule has 0 saturated carbocycles. The molecule has 0 unspecified atom stereocenters. The molecule has 1 aromatic carbocycles. The Morgan fingerprint density at radius 2 is 1.44 bits per heavy atom. The van der Waals surface area contributed by atoms with Crippen LogP contribution in [0.5, 0.6) is 0 Å². The minimum atomic E-state index is -0.552. The highest BCUT2D eigenvalue weighted by Gasteiger charge is 2.10. The topological polar surface area (TPSA) is 88.2 Å². The second-order valence-electron chi connectivity index (χ2n) is 8.68. The van der Waals surface area contributed by atoms with Gasteiger partial charge in [0.1, 0.15) is 11.3 Å². The van der Waals surface area contributed by atoms with E-state index < -0.39 is 5.91 Å². The van der Waals surface area contributed by atoms with Crippen LogP contribution in [0.2, 0.25) is 0 Å². The van der Waals surface area contributed by atoms with Gasteiger partial charge >= 0.3 is 0 Å². The van der Waals surface area contributed by atoms with Gasteiger partial charge in [-0.25, -0.2) is 15.4 Å². The smallest absolute Gasteiger partial charge is 0.267 e. The van der Waals surface area contributed by atoms with E-state index in [2.05, 4.69) is 72.8 Å². The molecule has 0 aliphatic rings. The first-order chi connectivity index (χ1) is 17.7. The number of amides is 1. The number of fused-ring (bicyclic) bond motifs is 2. The SMILES string of the molecule is O=C(C=Cc1ccc(CN(CCn2ccc3cccnc32)CCn2ccc3cccnc32)cc1)NO. The molecule has 36 heavy (non-hydrogen) atoms. The van der Waals surface area contributed by atoms with Crippen molar-refractivity contribution in [3.8, 4) is 0 Å². The molecule has 0 spiro atoms. The van der Waals surface area contributed by atoms with Crippen molar-refractivity contribution in [1.29, 1.82) is 0 Å². The quantitative estimate of drug-likeness (QED) is 0.178. The van der Waals surface area contributed by atoms with Gasteiger partial charge in [0.05, 0.1) is 0 Å². The third-order valence-corrected chi connectivity index (χ3v) is 6.28. The summed E-state index contributed by atoms with van der Waals surface area (Å²) in [6, 6.07) is 20.4. The van der Waals surface area contributed by atoms with Gasteiger partial charge in [0.25, 0.3) is 5.91 Å². The number of hydrogen-bond acceptors (Lipinski definition) is 5. The molecule has 0 aliphatic carbocycles. The summed E-state index contributed by atoms with van der Waals surface area (Å²) in [5, 5.41) is 10.9. The van der Waals surface area contributed by atoms with Crippen molar-refractivity contribution in [3.63, 3.8) is 0 Å². The van der Waals surface area contributed by atoms with Crippen LogP contribution in [0.15, 0.2) is 91.5 Å². The van der Waals surface area contributed by atoms with Crippen LogP contribution in [-0.4, -0.2) is 48.2 Å². The summed E-state index contributed by atoms with van der Waals surface area (Å²) in [6.45, 7) is 4.20. The fraction of sp³-hybridized carbons (Fsp3) is 0.179. The molecule has 1 amide bonds. The minimum absolute atomic E-state index is 0.552. The maximum atomic E-state index is 11.2. The van der Waals surface area contributed by atoms with Gasteiger partial charge in [0.15, 0.2) is 0 Å². The van der Waals surface area contributed by atoms with Crippen LogP contribution in [0, 0.1) is 0 Å². The van der Waals surface area contributed by atoms with E-state index in [1.807, 2.05) is 36.7 Å². The molecule has 4 aromatic heterocycles. The molecular formula is C28H28N6O2. The number of carbonyl (C=O) groups is 1. The van der Waals surface area contributed by atoms with Gasteiger partial charge in [0, 0.05) is 74.4 Å². The largest absolute Gasteiger partial charge is 0.331 e. The Balaban J connectivity index is 1.30. The molecule has 8 heteroatoms. The number of benzene rings is 1. The number of hydroxylamine groups is 1. The van der Waals surface area contributed by atoms with Gasteiger partial charge in [-0.1, -0.05) is 24.3 Å². The number of rotatable bonds is 10. The van der Waals surface area contributed by atoms with Gasteiger partial charge in [-0.05, 0) is 53.6 Å². The van der Waals surface area contributed by atoms with Gasteiger partial charge in [-0.15, -0.1) is 0 Å². The van der Waals surface area contributed by atoms with Crippen molar-refractivity contribution >= 4 is 34.1 Å². The Kier molecular flexibility index (Phi) is 7.16. The third kappa shape index (κ3) is 5.51. The molecule has 5 rings (SSSR count). The molecule has 182 valence electrons. The number of nitrogens with zero attached hydrogens (tertiary/aromatic N) is 5. The second-order valence-corrected chi connectivity index (χ2v) is 8.68. The Morgan fingerprint density at radius 1 is 0.861 bits per heavy atom. The van der Waals surface area contributed by atoms with Crippen molar-refractivity contribution < 1.29 is 10.0 Å². The monoisotopic (exact) mass is 480 g/mol. The molecule has 8 nitrogen and oxygen atoms in total. The Hall–Kier alpha value is -4.27. The van der Waals surface area contributed by atoms with Crippen LogP contribution >= 0.6 is 0 Å². The predicted octanol–water partition coefficient (Wildman–Crippen LogP) is 4.11. The van der Waals surface area contributed by atoms with E-state index in [0.29, 0.717) is 0 Å². The Labute approximate surface area is 209 Å². The second kappa shape index (κ2) is 11.0. The van der Waals surface area contributed by atoms with E-state index in [9.17, 15) is 4.79 Å². The summed E-state index contributed by atoms with van der Waals surface area (Å²) in [4.78, 5) is 22.8. The number of aromatic nitrogens is 4. The zero-order chi connectivity index (χ0) is 24.7. The zero-order valence-corrected chi connectivity index (χ0v) is 19.9. The number of nitrogens with one attached hydrogen (secondary N) is 1. The van der Waals surface area contributed by atoms with Crippen LogP contribution in [0.25, 0.3) is 28.1 Å². The van der Waals surface area contributed by atoms with Crippen LogP contribution in [0.3, 0.4) is 0 Å². The molecule has 0 aliphatic heterocycles. The summed E-state index contributed by atoms with van der Waals surface area (Å²) >= 11 is 0. The van der Waals surface area contributed by atoms with Crippen LogP contribution in [0.1, 0.15) is 11.1 Å². The highest BCUT2D eigenvalue weighted by Crippen LogP contribution is 2.15. The van der Waals surface area contributed by atoms with Crippen molar-refractivity contribution in [2.75, 3.05) is 13.1 Å². The summed E-state index contributed by atoms with van der Waals surface area (Å²) < 4.78 is 4.41. The molecule has 0 fully saturated rings. The summed E-state index contributed by atoms with van der Waals surface area (Å²) in [5.41, 5.74) is 5.68. The molecule has 0 bridgehead atoms. The average Bonchev–Trinajstić information content (AvgIpc) is 3.53. The molecule has 0 radical (unpaired) electrons. The number of carbonyl (C=O) groups excluding carboxylic acids is 1. The van der Waals surface area contributed by atoms with Gasteiger partial charge in [-0.3, -0.25) is 14.9 Å². The van der Waals surface area contributed by atoms with E-state index in [1.54, 1.807) is 11.6 Å². The van der Waals surface area contributed by atoms with Gasteiger partial charge in [0.2, 0.25) is 0 Å². The first kappa shape index (κ1) is 23.5. The lowest BCUT2D eigenvalue weighted by atomic mass is 10.1. The summed E-state index contributed by atoms with van der Waals surface area (Å²) in [6.07, 6.45) is 10.8. The first-order valence-corrected chi connectivity index (χ1v) is 11.9. The highest BCUT2D eigenvalue weighted by atomic mass is 16.5. The van der Waals surface area contributed by atoms with E-state index in [4.69, 9.17) is 5.21 Å². The molecule has 0 saturated heterocycles. The van der Waals surface area contributed by atoms with E-state index in [0.717, 1.165) is 60.4 Å². The Bertz CT molecular complexity index is 1410. The predicted molar refractivity (Wildman–Crippen MR) is 140 cm³/mol. The standard InChI is InChI=1S/C28H28N6O2/c35-26(31-36)10-9-22-5-7-23(8-6-22)21-32(17-19-33-15-11-24-3-1-13-29-27(24)33)18-20-34-16-12-25-4-2-14-30-28(25)34/h1-16,36H,17-21H2,(H,31,35). The van der Waals surface area contributed by atoms with Crippen molar-refractivity contribution in [2.45, 2.75) is 19.6 Å². The Morgan fingerprint density at radius 3 is 2.00 bits per heavy atom. The molecule has 2 N–H and O–H groups in total. The lowest BCUT2D eigenvalue weighted by molar-refractivity contribution is -0.124. The number of pyridine rings is 2. The van der Waals surface area contributed by atoms with Crippen LogP contribution in [-0.2, 0) is 24.4 Å². The maximum Gasteiger partial charge on any atom is 0.267 e. The number of hydrogen-bond donors (Lipinski definition) is 2. The van der Waals surface area contributed by atoms with E-state index in [-0.39, 0.29) is 0 Å². The molecule has 4 heterocycles. The summed E-state index contributed by atoms with van der Waals surface area (Å²) in [5.74, 6) is -0.552. The molecule has 5 aromatic rings. The van der Waals surface area contributed by atoms with Crippen molar-refractivity contribution in [2.24, 2.45) is 0 Å². The zero-order valence-electron chi connectivity index (χ0n) is 19.9. The van der Waals surface area contributed by atoms with Crippen LogP contribution in [0.4, 0.5) is 0 Å². The average molecular weight is 481 g/mol. The fourth-order valence-electron chi connectivity index (χ4n) is 4.37. The fourth-order valence-corrected chi connectivity index (χ4v) is 4.37. The van der Waals surface area contributed by atoms with Crippen LogP contribution < -0.4 is 5.48 Å². The van der Waals surface area contributed by atoms with Crippen molar-refractivity contribution in [1.82, 2.24) is 29.5 Å². The lowest BCUT2D eigenvalue weighted by Gasteiger charge is -2.23. The normalized spacial score (nSPS) is 11.7. The first-order valence-electron chi connectivity index (χ1n) is 11.9. The van der Waals surface area contributed by atoms with Crippen molar-refractivity contribution in [3.05, 3.63) is 103 Å². The third-order valence-electron chi connectivity index (χ3n) is 6.28. The lowest BCUT2D eigenvalue weighted by Crippen LogP contribution is -2.30. The van der Waals surface area contributed by atoms with E-state index in [1.165, 1.54) is 11.6 Å². The highest BCUT2D eigenvalue weighted by molar-refractivity contribution is 5.90. The maximum absolute atomic E-state index is 11.2.